The number of aromatic carboxylic acids is 1. The zero-order chi connectivity index (χ0) is 10.3. The maximum absolute atomic E-state index is 10.9. The summed E-state index contributed by atoms with van der Waals surface area (Å²) >= 11 is 0. The van der Waals surface area contributed by atoms with Crippen LogP contribution in [0.3, 0.4) is 0 Å². The van der Waals surface area contributed by atoms with Crippen molar-refractivity contribution in [1.29, 1.82) is 0 Å². The van der Waals surface area contributed by atoms with Crippen molar-refractivity contribution in [2.75, 3.05) is 0 Å². The normalized spacial score (nSPS) is 15.6. The van der Waals surface area contributed by atoms with Crippen LogP contribution in [-0.2, 0) is 0 Å². The Kier molecular flexibility index (Phi) is 2.06. The zero-order valence-electron chi connectivity index (χ0n) is 8.50. The van der Waals surface area contributed by atoms with E-state index in [0.717, 1.165) is 5.56 Å². The molecule has 0 radical (unpaired) electrons. The Balaban J connectivity index is 2.56. The van der Waals surface area contributed by atoms with Crippen molar-refractivity contribution in [2.45, 2.75) is 32.6 Å². The summed E-state index contributed by atoms with van der Waals surface area (Å²) in [5, 5.41) is 8.98. The topological polar surface area (TPSA) is 37.3 Å². The predicted molar refractivity (Wildman–Crippen MR) is 54.9 cm³/mol. The van der Waals surface area contributed by atoms with E-state index >= 15 is 0 Å². The average molecular weight is 190 g/mol. The third-order valence-electron chi connectivity index (χ3n) is 2.95. The molecule has 0 unspecified atom stereocenters. The van der Waals surface area contributed by atoms with Crippen LogP contribution in [-0.4, -0.2) is 11.1 Å². The Morgan fingerprint density at radius 1 is 1.36 bits per heavy atom. The molecule has 74 valence electrons. The maximum Gasteiger partial charge on any atom is 0.335 e. The molecule has 1 aromatic rings. The summed E-state index contributed by atoms with van der Waals surface area (Å²) in [6.07, 6.45) is 2.43. The van der Waals surface area contributed by atoms with Crippen molar-refractivity contribution in [2.24, 2.45) is 0 Å². The van der Waals surface area contributed by atoms with Gasteiger partial charge < -0.3 is 5.11 Å². The lowest BCUT2D eigenvalue weighted by molar-refractivity contribution is 0.0696. The molecule has 0 spiro atoms. The Hall–Kier alpha value is -1.31. The van der Waals surface area contributed by atoms with Crippen LogP contribution in [0.5, 0.6) is 0 Å². The molecule has 0 aliphatic heterocycles. The van der Waals surface area contributed by atoms with E-state index in [4.69, 9.17) is 5.11 Å². The average Bonchev–Trinajstić information content (AvgIpc) is 2.87. The third-order valence-corrected chi connectivity index (χ3v) is 2.95. The minimum absolute atomic E-state index is 0.456. The van der Waals surface area contributed by atoms with Crippen molar-refractivity contribution >= 4 is 5.97 Å². The van der Waals surface area contributed by atoms with Crippen molar-refractivity contribution < 1.29 is 9.90 Å². The molecule has 1 aliphatic carbocycles. The van der Waals surface area contributed by atoms with Gasteiger partial charge in [-0.3, -0.25) is 0 Å². The number of hydrogen-bond acceptors (Lipinski definition) is 1. The van der Waals surface area contributed by atoms with Gasteiger partial charge in [-0.15, -0.1) is 0 Å². The van der Waals surface area contributed by atoms with Crippen molar-refractivity contribution in [3.63, 3.8) is 0 Å². The fourth-order valence-electron chi connectivity index (χ4n) is 2.10. The monoisotopic (exact) mass is 190 g/mol. The van der Waals surface area contributed by atoms with Crippen LogP contribution in [0.25, 0.3) is 0 Å². The Morgan fingerprint density at radius 3 is 2.50 bits per heavy atom. The minimum Gasteiger partial charge on any atom is -0.478 e. The molecular weight excluding hydrogens is 176 g/mol. The molecule has 2 rings (SSSR count). The van der Waals surface area contributed by atoms with Crippen LogP contribution < -0.4 is 0 Å². The number of carbonyl (C=O) groups is 1. The number of aryl methyl sites for hydroxylation is 1. The first kappa shape index (κ1) is 9.25. The molecule has 0 bridgehead atoms. The summed E-state index contributed by atoms with van der Waals surface area (Å²) in [5.74, 6) is -0.196. The Bertz CT molecular complexity index is 390. The molecule has 1 N–H and O–H groups in total. The van der Waals surface area contributed by atoms with Crippen LogP contribution >= 0.6 is 0 Å². The molecule has 0 saturated heterocycles. The zero-order valence-corrected chi connectivity index (χ0v) is 8.50. The van der Waals surface area contributed by atoms with Crippen LogP contribution in [0.15, 0.2) is 12.1 Å². The van der Waals surface area contributed by atoms with Crippen LogP contribution in [0.4, 0.5) is 0 Å². The van der Waals surface area contributed by atoms with E-state index in [1.165, 1.54) is 24.0 Å². The first-order chi connectivity index (χ1) is 6.61. The number of rotatable bonds is 2. The minimum atomic E-state index is -0.815. The second-order valence-electron chi connectivity index (χ2n) is 4.05. The lowest BCUT2D eigenvalue weighted by atomic mass is 9.94. The smallest absolute Gasteiger partial charge is 0.335 e. The van der Waals surface area contributed by atoms with Crippen molar-refractivity contribution in [1.82, 2.24) is 0 Å². The van der Waals surface area contributed by atoms with Gasteiger partial charge in [-0.1, -0.05) is 6.07 Å². The summed E-state index contributed by atoms with van der Waals surface area (Å²) in [6, 6.07) is 3.63. The van der Waals surface area contributed by atoms with Gasteiger partial charge >= 0.3 is 5.97 Å². The summed E-state index contributed by atoms with van der Waals surface area (Å²) in [6.45, 7) is 3.98. The summed E-state index contributed by atoms with van der Waals surface area (Å²) in [5.41, 5.74) is 3.91. The SMILES string of the molecule is Cc1ccc(C(=O)O)c(C)c1C1CC1. The molecule has 1 fully saturated rings. The van der Waals surface area contributed by atoms with Gasteiger partial charge in [-0.05, 0) is 55.4 Å². The first-order valence-corrected chi connectivity index (χ1v) is 4.94. The van der Waals surface area contributed by atoms with E-state index in [0.29, 0.717) is 11.5 Å². The van der Waals surface area contributed by atoms with E-state index < -0.39 is 5.97 Å². The molecule has 0 heterocycles. The summed E-state index contributed by atoms with van der Waals surface area (Å²) in [7, 11) is 0. The molecule has 1 saturated carbocycles. The highest BCUT2D eigenvalue weighted by atomic mass is 16.4. The van der Waals surface area contributed by atoms with Crippen molar-refractivity contribution in [3.05, 3.63) is 34.4 Å². The molecule has 1 aliphatic rings. The van der Waals surface area contributed by atoms with Gasteiger partial charge in [0.05, 0.1) is 5.56 Å². The van der Waals surface area contributed by atoms with Gasteiger partial charge in [0.25, 0.3) is 0 Å². The van der Waals surface area contributed by atoms with Crippen LogP contribution in [0.1, 0.15) is 45.8 Å². The lowest BCUT2D eigenvalue weighted by Gasteiger charge is -2.10. The lowest BCUT2D eigenvalue weighted by Crippen LogP contribution is -2.03. The van der Waals surface area contributed by atoms with E-state index in [9.17, 15) is 4.79 Å². The van der Waals surface area contributed by atoms with Gasteiger partial charge in [-0.25, -0.2) is 4.79 Å². The number of benzene rings is 1. The van der Waals surface area contributed by atoms with E-state index in [2.05, 4.69) is 6.92 Å². The largest absolute Gasteiger partial charge is 0.478 e. The highest BCUT2D eigenvalue weighted by Crippen LogP contribution is 2.43. The van der Waals surface area contributed by atoms with Gasteiger partial charge in [-0.2, -0.15) is 0 Å². The second kappa shape index (κ2) is 3.12. The summed E-state index contributed by atoms with van der Waals surface area (Å²) < 4.78 is 0. The highest BCUT2D eigenvalue weighted by Gasteiger charge is 2.28. The summed E-state index contributed by atoms with van der Waals surface area (Å²) in [4.78, 5) is 10.9. The van der Waals surface area contributed by atoms with Crippen molar-refractivity contribution in [3.8, 4) is 0 Å². The molecule has 0 aromatic heterocycles. The molecular formula is C12H14O2. The number of hydrogen-bond donors (Lipinski definition) is 1. The van der Waals surface area contributed by atoms with Crippen LogP contribution in [0.2, 0.25) is 0 Å². The second-order valence-corrected chi connectivity index (χ2v) is 4.05. The molecule has 2 nitrogen and oxygen atoms in total. The standard InChI is InChI=1S/C12H14O2/c1-7-3-6-10(12(13)14)8(2)11(7)9-4-5-9/h3,6,9H,4-5H2,1-2H3,(H,13,14). The fraction of sp³-hybridized carbons (Fsp3) is 0.417. The molecule has 0 amide bonds. The van der Waals surface area contributed by atoms with Gasteiger partial charge in [0.2, 0.25) is 0 Å². The molecule has 14 heavy (non-hydrogen) atoms. The van der Waals surface area contributed by atoms with E-state index in [1.54, 1.807) is 6.07 Å². The predicted octanol–water partition coefficient (Wildman–Crippen LogP) is 2.88. The van der Waals surface area contributed by atoms with Gasteiger partial charge in [0.1, 0.15) is 0 Å². The Labute approximate surface area is 83.6 Å². The van der Waals surface area contributed by atoms with E-state index in [-0.39, 0.29) is 0 Å². The van der Waals surface area contributed by atoms with Gasteiger partial charge in [0, 0.05) is 0 Å². The third kappa shape index (κ3) is 1.41. The number of carboxylic acid groups (broad SMARTS) is 1. The molecule has 2 heteroatoms. The van der Waals surface area contributed by atoms with Gasteiger partial charge in [0.15, 0.2) is 0 Å². The fourth-order valence-corrected chi connectivity index (χ4v) is 2.10. The first-order valence-electron chi connectivity index (χ1n) is 4.94. The maximum atomic E-state index is 10.9. The molecule has 1 aromatic carbocycles. The van der Waals surface area contributed by atoms with E-state index in [1.807, 2.05) is 13.0 Å². The highest BCUT2D eigenvalue weighted by molar-refractivity contribution is 5.90. The quantitative estimate of drug-likeness (QED) is 0.778. The Morgan fingerprint density at radius 2 is 2.00 bits per heavy atom. The number of carboxylic acids is 1. The van der Waals surface area contributed by atoms with Crippen LogP contribution in [0, 0.1) is 13.8 Å². The molecule has 0 atom stereocenters.